The standard InChI is InChI=1S/C24H35N3O2.HI/c1-3-25-24(26-13-6-14-29-18-20-11-15-28-16-12-20)27-19(2)22-10-9-21-7-4-5-8-23(21)17-22;/h4-5,7-10,17,19-20H,3,6,11-16,18H2,1-2H3,(H2,25,26,27);1H. The van der Waals surface area contributed by atoms with Crippen LogP contribution in [0.3, 0.4) is 0 Å². The first-order valence-corrected chi connectivity index (χ1v) is 11.0. The van der Waals surface area contributed by atoms with Crippen molar-refractivity contribution < 1.29 is 9.47 Å². The number of aliphatic imine (C=N–C) groups is 1. The number of benzene rings is 2. The van der Waals surface area contributed by atoms with Gasteiger partial charge in [0.25, 0.3) is 0 Å². The van der Waals surface area contributed by atoms with Gasteiger partial charge in [-0.25, -0.2) is 0 Å². The van der Waals surface area contributed by atoms with Gasteiger partial charge >= 0.3 is 0 Å². The first-order chi connectivity index (χ1) is 14.3. The summed E-state index contributed by atoms with van der Waals surface area (Å²) in [5, 5.41) is 9.41. The quantitative estimate of drug-likeness (QED) is 0.212. The van der Waals surface area contributed by atoms with Crippen LogP contribution in [0.2, 0.25) is 0 Å². The van der Waals surface area contributed by atoms with Crippen molar-refractivity contribution in [3.8, 4) is 0 Å². The summed E-state index contributed by atoms with van der Waals surface area (Å²) in [5.74, 6) is 1.52. The van der Waals surface area contributed by atoms with Crippen LogP contribution in [0, 0.1) is 5.92 Å². The summed E-state index contributed by atoms with van der Waals surface area (Å²) in [7, 11) is 0. The van der Waals surface area contributed by atoms with Crippen molar-refractivity contribution in [2.24, 2.45) is 10.9 Å². The minimum Gasteiger partial charge on any atom is -0.381 e. The molecule has 0 bridgehead atoms. The smallest absolute Gasteiger partial charge is 0.191 e. The molecule has 5 nitrogen and oxygen atoms in total. The predicted octanol–water partition coefficient (Wildman–Crippen LogP) is 4.91. The van der Waals surface area contributed by atoms with Crippen LogP contribution in [0.4, 0.5) is 0 Å². The van der Waals surface area contributed by atoms with Crippen molar-refractivity contribution in [2.75, 3.05) is 39.5 Å². The first kappa shape index (κ1) is 24.9. The van der Waals surface area contributed by atoms with E-state index in [9.17, 15) is 0 Å². The van der Waals surface area contributed by atoms with Crippen molar-refractivity contribution in [3.63, 3.8) is 0 Å². The van der Waals surface area contributed by atoms with Gasteiger partial charge in [0.05, 0.1) is 6.04 Å². The molecule has 30 heavy (non-hydrogen) atoms. The SMILES string of the molecule is CCNC(=NCCCOCC1CCOCC1)NC(C)c1ccc2ccccc2c1.I. The predicted molar refractivity (Wildman–Crippen MR) is 136 cm³/mol. The van der Waals surface area contributed by atoms with Crippen LogP contribution < -0.4 is 10.6 Å². The normalized spacial score (nSPS) is 16.1. The Labute approximate surface area is 198 Å². The molecular weight excluding hydrogens is 489 g/mol. The molecule has 1 atom stereocenters. The van der Waals surface area contributed by atoms with Gasteiger partial charge in [-0.15, -0.1) is 24.0 Å². The van der Waals surface area contributed by atoms with E-state index in [4.69, 9.17) is 14.5 Å². The lowest BCUT2D eigenvalue weighted by molar-refractivity contribution is 0.0205. The number of hydrogen-bond donors (Lipinski definition) is 2. The van der Waals surface area contributed by atoms with Gasteiger partial charge in [0.1, 0.15) is 0 Å². The van der Waals surface area contributed by atoms with E-state index < -0.39 is 0 Å². The van der Waals surface area contributed by atoms with Crippen LogP contribution in [0.1, 0.15) is 44.7 Å². The van der Waals surface area contributed by atoms with E-state index in [1.165, 1.54) is 16.3 Å². The first-order valence-electron chi connectivity index (χ1n) is 11.0. The highest BCUT2D eigenvalue weighted by Gasteiger charge is 2.13. The van der Waals surface area contributed by atoms with Crippen molar-refractivity contribution in [1.82, 2.24) is 10.6 Å². The number of nitrogens with zero attached hydrogens (tertiary/aromatic N) is 1. The molecule has 0 amide bonds. The zero-order valence-corrected chi connectivity index (χ0v) is 20.6. The number of ether oxygens (including phenoxy) is 2. The molecule has 0 aromatic heterocycles. The number of halogens is 1. The number of nitrogens with one attached hydrogen (secondary N) is 2. The molecular formula is C24H36IN3O2. The zero-order valence-electron chi connectivity index (χ0n) is 18.2. The zero-order chi connectivity index (χ0) is 20.3. The summed E-state index contributed by atoms with van der Waals surface area (Å²) in [5.41, 5.74) is 1.26. The van der Waals surface area contributed by atoms with Gasteiger partial charge in [0.15, 0.2) is 5.96 Å². The Morgan fingerprint density at radius 1 is 1.17 bits per heavy atom. The molecule has 0 aliphatic carbocycles. The molecule has 1 saturated heterocycles. The molecule has 0 spiro atoms. The third-order valence-corrected chi connectivity index (χ3v) is 5.38. The Morgan fingerprint density at radius 2 is 1.93 bits per heavy atom. The van der Waals surface area contributed by atoms with Crippen LogP contribution in [0.25, 0.3) is 10.8 Å². The maximum atomic E-state index is 5.84. The maximum Gasteiger partial charge on any atom is 0.191 e. The maximum absolute atomic E-state index is 5.84. The lowest BCUT2D eigenvalue weighted by Gasteiger charge is -2.21. The average Bonchev–Trinajstić information content (AvgIpc) is 2.76. The lowest BCUT2D eigenvalue weighted by Crippen LogP contribution is -2.38. The van der Waals surface area contributed by atoms with Gasteiger partial charge in [-0.05, 0) is 61.4 Å². The molecule has 1 fully saturated rings. The fourth-order valence-corrected chi connectivity index (χ4v) is 3.61. The molecule has 1 aliphatic rings. The van der Waals surface area contributed by atoms with Crippen molar-refractivity contribution >= 4 is 40.7 Å². The van der Waals surface area contributed by atoms with E-state index in [0.717, 1.165) is 64.7 Å². The van der Waals surface area contributed by atoms with Gasteiger partial charge in [-0.2, -0.15) is 0 Å². The molecule has 166 valence electrons. The molecule has 1 aliphatic heterocycles. The van der Waals surface area contributed by atoms with E-state index in [0.29, 0.717) is 5.92 Å². The molecule has 6 heteroatoms. The van der Waals surface area contributed by atoms with Gasteiger partial charge in [-0.3, -0.25) is 4.99 Å². The van der Waals surface area contributed by atoms with Crippen LogP contribution in [0.15, 0.2) is 47.5 Å². The Balaban J connectivity index is 0.00000320. The second-order valence-electron chi connectivity index (χ2n) is 7.72. The van der Waals surface area contributed by atoms with Gasteiger partial charge in [-0.1, -0.05) is 36.4 Å². The Kier molecular flexibility index (Phi) is 11.5. The van der Waals surface area contributed by atoms with Crippen LogP contribution in [-0.4, -0.2) is 45.5 Å². The Morgan fingerprint density at radius 3 is 2.70 bits per heavy atom. The van der Waals surface area contributed by atoms with Crippen molar-refractivity contribution in [1.29, 1.82) is 0 Å². The van der Waals surface area contributed by atoms with Gasteiger partial charge in [0, 0.05) is 39.5 Å². The van der Waals surface area contributed by atoms with E-state index in [1.54, 1.807) is 0 Å². The van der Waals surface area contributed by atoms with Crippen LogP contribution in [-0.2, 0) is 9.47 Å². The number of guanidine groups is 1. The Bertz CT molecular complexity index is 778. The third kappa shape index (κ3) is 8.04. The minimum absolute atomic E-state index is 0. The van der Waals surface area contributed by atoms with E-state index in [2.05, 4.69) is 66.9 Å². The molecule has 1 unspecified atom stereocenters. The molecule has 3 rings (SSSR count). The highest BCUT2D eigenvalue weighted by atomic mass is 127. The summed E-state index contributed by atoms with van der Waals surface area (Å²) < 4.78 is 11.2. The number of hydrogen-bond acceptors (Lipinski definition) is 3. The molecule has 0 saturated carbocycles. The van der Waals surface area contributed by atoms with E-state index in [-0.39, 0.29) is 30.0 Å². The van der Waals surface area contributed by atoms with Gasteiger partial charge < -0.3 is 20.1 Å². The monoisotopic (exact) mass is 525 g/mol. The summed E-state index contributed by atoms with van der Waals surface area (Å²) in [4.78, 5) is 4.72. The molecule has 2 N–H and O–H groups in total. The molecule has 2 aromatic carbocycles. The topological polar surface area (TPSA) is 54.9 Å². The second-order valence-corrected chi connectivity index (χ2v) is 7.72. The van der Waals surface area contributed by atoms with Crippen molar-refractivity contribution in [2.45, 2.75) is 39.2 Å². The summed E-state index contributed by atoms with van der Waals surface area (Å²) in [6.07, 6.45) is 3.18. The van der Waals surface area contributed by atoms with Crippen LogP contribution in [0.5, 0.6) is 0 Å². The minimum atomic E-state index is 0. The molecule has 0 radical (unpaired) electrons. The van der Waals surface area contributed by atoms with E-state index in [1.807, 2.05) is 0 Å². The van der Waals surface area contributed by atoms with Crippen LogP contribution >= 0.6 is 24.0 Å². The summed E-state index contributed by atoms with van der Waals surface area (Å²) >= 11 is 0. The van der Waals surface area contributed by atoms with Gasteiger partial charge in [0.2, 0.25) is 0 Å². The summed E-state index contributed by atoms with van der Waals surface area (Å²) in [6, 6.07) is 15.3. The number of fused-ring (bicyclic) bond motifs is 1. The lowest BCUT2D eigenvalue weighted by atomic mass is 10.0. The summed E-state index contributed by atoms with van der Waals surface area (Å²) in [6.45, 7) is 9.24. The van der Waals surface area contributed by atoms with Crippen molar-refractivity contribution in [3.05, 3.63) is 48.0 Å². The third-order valence-electron chi connectivity index (χ3n) is 5.38. The fraction of sp³-hybridized carbons (Fsp3) is 0.542. The Hall–Kier alpha value is -1.38. The molecule has 2 aromatic rings. The highest BCUT2D eigenvalue weighted by molar-refractivity contribution is 14.0. The molecule has 1 heterocycles. The second kappa shape index (κ2) is 13.8. The largest absolute Gasteiger partial charge is 0.381 e. The number of rotatable bonds is 9. The van der Waals surface area contributed by atoms with E-state index >= 15 is 0 Å². The average molecular weight is 525 g/mol. The highest BCUT2D eigenvalue weighted by Crippen LogP contribution is 2.20. The fourth-order valence-electron chi connectivity index (χ4n) is 3.61.